The topological polar surface area (TPSA) is 54.7 Å². The molecule has 0 unspecified atom stereocenters. The number of nitrogens with zero attached hydrogens (tertiary/aromatic N) is 2. The van der Waals surface area contributed by atoms with E-state index in [1.165, 1.54) is 0 Å². The van der Waals surface area contributed by atoms with E-state index in [0.29, 0.717) is 22.8 Å². The molecule has 4 heteroatoms. The Labute approximate surface area is 121 Å². The number of nitrogen functional groups attached to an aromatic ring is 1. The van der Waals surface area contributed by atoms with Crippen LogP contribution in [0, 0.1) is 11.3 Å². The van der Waals surface area contributed by atoms with Gasteiger partial charge in [-0.1, -0.05) is 17.7 Å². The molecule has 0 fully saturated rings. The number of rotatable bonds is 2. The van der Waals surface area contributed by atoms with Gasteiger partial charge >= 0.3 is 0 Å². The van der Waals surface area contributed by atoms with Crippen LogP contribution in [0.5, 0.6) is 0 Å². The van der Waals surface area contributed by atoms with Crippen LogP contribution in [0.15, 0.2) is 48.7 Å². The second-order valence-electron chi connectivity index (χ2n) is 4.67. The lowest BCUT2D eigenvalue weighted by Crippen LogP contribution is -2.01. The highest BCUT2D eigenvalue weighted by molar-refractivity contribution is 6.30. The largest absolute Gasteiger partial charge is 0.398 e. The van der Waals surface area contributed by atoms with Gasteiger partial charge in [0, 0.05) is 34.4 Å². The fraction of sp³-hybridized carbons (Fsp3) is 0.0625. The van der Waals surface area contributed by atoms with Gasteiger partial charge in [0.2, 0.25) is 0 Å². The number of benzene rings is 2. The number of fused-ring (bicyclic) bond motifs is 1. The zero-order chi connectivity index (χ0) is 14.1. The monoisotopic (exact) mass is 281 g/mol. The van der Waals surface area contributed by atoms with Crippen molar-refractivity contribution in [3.05, 3.63) is 64.8 Å². The van der Waals surface area contributed by atoms with Gasteiger partial charge in [-0.3, -0.25) is 0 Å². The van der Waals surface area contributed by atoms with Gasteiger partial charge in [0.1, 0.15) is 0 Å². The molecule has 0 saturated carbocycles. The standard InChI is InChI=1S/C16H12ClN3/c17-14-3-2-13(15(19)8-14)10-20-6-5-12-7-11(9-18)1-4-16(12)20/h1-8H,10,19H2. The van der Waals surface area contributed by atoms with Crippen molar-refractivity contribution in [3.63, 3.8) is 0 Å². The second kappa shape index (κ2) is 4.92. The summed E-state index contributed by atoms with van der Waals surface area (Å²) in [6, 6.07) is 15.4. The van der Waals surface area contributed by atoms with E-state index in [1.54, 1.807) is 6.07 Å². The van der Waals surface area contributed by atoms with Crippen LogP contribution in [0.2, 0.25) is 5.02 Å². The quantitative estimate of drug-likeness (QED) is 0.727. The Morgan fingerprint density at radius 3 is 2.75 bits per heavy atom. The van der Waals surface area contributed by atoms with Gasteiger partial charge in [-0.2, -0.15) is 5.26 Å². The predicted octanol–water partition coefficient (Wildman–Crippen LogP) is 3.80. The maximum atomic E-state index is 8.92. The van der Waals surface area contributed by atoms with Crippen LogP contribution in [0.1, 0.15) is 11.1 Å². The SMILES string of the molecule is N#Cc1ccc2c(ccn2Cc2ccc(Cl)cc2N)c1. The van der Waals surface area contributed by atoms with Gasteiger partial charge in [-0.15, -0.1) is 0 Å². The summed E-state index contributed by atoms with van der Waals surface area (Å²) in [6.45, 7) is 0.679. The number of aromatic nitrogens is 1. The smallest absolute Gasteiger partial charge is 0.0991 e. The second-order valence-corrected chi connectivity index (χ2v) is 5.11. The number of halogens is 1. The zero-order valence-corrected chi connectivity index (χ0v) is 11.4. The van der Waals surface area contributed by atoms with E-state index >= 15 is 0 Å². The van der Waals surface area contributed by atoms with E-state index in [2.05, 4.69) is 10.6 Å². The van der Waals surface area contributed by atoms with Crippen molar-refractivity contribution in [2.24, 2.45) is 0 Å². The van der Waals surface area contributed by atoms with Crippen molar-refractivity contribution in [2.45, 2.75) is 6.54 Å². The summed E-state index contributed by atoms with van der Waals surface area (Å²) in [4.78, 5) is 0. The first-order valence-corrected chi connectivity index (χ1v) is 6.58. The third-order valence-corrected chi connectivity index (χ3v) is 3.58. The van der Waals surface area contributed by atoms with E-state index < -0.39 is 0 Å². The molecule has 1 heterocycles. The molecule has 2 N–H and O–H groups in total. The molecule has 0 bridgehead atoms. The van der Waals surface area contributed by atoms with Gasteiger partial charge < -0.3 is 10.3 Å². The van der Waals surface area contributed by atoms with Crippen LogP contribution < -0.4 is 5.73 Å². The van der Waals surface area contributed by atoms with Gasteiger partial charge in [0.25, 0.3) is 0 Å². The van der Waals surface area contributed by atoms with E-state index in [-0.39, 0.29) is 0 Å². The first kappa shape index (κ1) is 12.6. The van der Waals surface area contributed by atoms with E-state index in [1.807, 2.05) is 42.6 Å². The van der Waals surface area contributed by atoms with Crippen LogP contribution in [0.25, 0.3) is 10.9 Å². The number of nitrogens with two attached hydrogens (primary N) is 1. The molecule has 3 rings (SSSR count). The van der Waals surface area contributed by atoms with Crippen molar-refractivity contribution in [3.8, 4) is 6.07 Å². The molecule has 0 spiro atoms. The summed E-state index contributed by atoms with van der Waals surface area (Å²) in [5.74, 6) is 0. The van der Waals surface area contributed by atoms with Crippen LogP contribution in [-0.2, 0) is 6.54 Å². The van der Waals surface area contributed by atoms with E-state index in [9.17, 15) is 0 Å². The summed E-state index contributed by atoms with van der Waals surface area (Å²) in [6.07, 6.45) is 2.00. The lowest BCUT2D eigenvalue weighted by molar-refractivity contribution is 0.839. The molecule has 0 radical (unpaired) electrons. The highest BCUT2D eigenvalue weighted by atomic mass is 35.5. The molecule has 0 amide bonds. The van der Waals surface area contributed by atoms with E-state index in [0.717, 1.165) is 16.5 Å². The predicted molar refractivity (Wildman–Crippen MR) is 81.6 cm³/mol. The highest BCUT2D eigenvalue weighted by Crippen LogP contribution is 2.22. The number of nitriles is 1. The summed E-state index contributed by atoms with van der Waals surface area (Å²) < 4.78 is 2.11. The minimum Gasteiger partial charge on any atom is -0.398 e. The third kappa shape index (κ3) is 2.22. The lowest BCUT2D eigenvalue weighted by Gasteiger charge is -2.09. The van der Waals surface area contributed by atoms with Crippen LogP contribution in [0.4, 0.5) is 5.69 Å². The van der Waals surface area contributed by atoms with Crippen molar-refractivity contribution in [1.82, 2.24) is 4.57 Å². The summed E-state index contributed by atoms with van der Waals surface area (Å²) in [5, 5.41) is 10.6. The van der Waals surface area contributed by atoms with Crippen molar-refractivity contribution < 1.29 is 0 Å². The molecule has 3 aromatic rings. The van der Waals surface area contributed by atoms with Gasteiger partial charge in [0.05, 0.1) is 11.6 Å². The maximum absolute atomic E-state index is 8.92. The fourth-order valence-electron chi connectivity index (χ4n) is 2.30. The average molecular weight is 282 g/mol. The summed E-state index contributed by atoms with van der Waals surface area (Å²) >= 11 is 5.91. The molecule has 0 saturated heterocycles. The molecular formula is C16H12ClN3. The molecule has 0 aliphatic rings. The van der Waals surface area contributed by atoms with Crippen molar-refractivity contribution in [2.75, 3.05) is 5.73 Å². The van der Waals surface area contributed by atoms with Crippen LogP contribution >= 0.6 is 11.6 Å². The Bertz CT molecular complexity index is 827. The zero-order valence-electron chi connectivity index (χ0n) is 10.7. The first-order chi connectivity index (χ1) is 9.67. The number of hydrogen-bond acceptors (Lipinski definition) is 2. The molecule has 0 aliphatic heterocycles. The number of anilines is 1. The molecular weight excluding hydrogens is 270 g/mol. The lowest BCUT2D eigenvalue weighted by atomic mass is 10.1. The Kier molecular flexibility index (Phi) is 3.09. The normalized spacial score (nSPS) is 10.6. The van der Waals surface area contributed by atoms with Crippen LogP contribution in [0.3, 0.4) is 0 Å². The molecule has 98 valence electrons. The molecule has 0 atom stereocenters. The number of hydrogen-bond donors (Lipinski definition) is 1. The van der Waals surface area contributed by atoms with Gasteiger partial charge in [0.15, 0.2) is 0 Å². The Morgan fingerprint density at radius 2 is 2.00 bits per heavy atom. The molecule has 3 nitrogen and oxygen atoms in total. The summed E-state index contributed by atoms with van der Waals surface area (Å²) in [7, 11) is 0. The molecule has 0 aliphatic carbocycles. The fourth-order valence-corrected chi connectivity index (χ4v) is 2.48. The minimum absolute atomic E-state index is 0.641. The minimum atomic E-state index is 0.641. The molecule has 1 aromatic heterocycles. The summed E-state index contributed by atoms with van der Waals surface area (Å²) in [5.41, 5.74) is 9.45. The Hall–Kier alpha value is -2.44. The van der Waals surface area contributed by atoms with Crippen LogP contribution in [-0.4, -0.2) is 4.57 Å². The maximum Gasteiger partial charge on any atom is 0.0991 e. The molecule has 2 aromatic carbocycles. The van der Waals surface area contributed by atoms with E-state index in [4.69, 9.17) is 22.6 Å². The van der Waals surface area contributed by atoms with Crippen molar-refractivity contribution >= 4 is 28.2 Å². The highest BCUT2D eigenvalue weighted by Gasteiger charge is 2.05. The van der Waals surface area contributed by atoms with Gasteiger partial charge in [-0.25, -0.2) is 0 Å². The molecule has 20 heavy (non-hydrogen) atoms. The third-order valence-electron chi connectivity index (χ3n) is 3.35. The Morgan fingerprint density at radius 1 is 1.15 bits per heavy atom. The Balaban J connectivity index is 2.01. The van der Waals surface area contributed by atoms with Gasteiger partial charge in [-0.05, 0) is 42.0 Å². The average Bonchev–Trinajstić information content (AvgIpc) is 2.84. The first-order valence-electron chi connectivity index (χ1n) is 6.20. The van der Waals surface area contributed by atoms with Crippen molar-refractivity contribution in [1.29, 1.82) is 5.26 Å².